The molecular formula is C11H20N4S. The minimum absolute atomic E-state index is 0.202. The van der Waals surface area contributed by atoms with Gasteiger partial charge in [0.05, 0.1) is 0 Å². The van der Waals surface area contributed by atoms with E-state index in [0.717, 1.165) is 23.9 Å². The highest BCUT2D eigenvalue weighted by Gasteiger charge is 2.27. The molecule has 0 bridgehead atoms. The van der Waals surface area contributed by atoms with E-state index in [-0.39, 0.29) is 6.04 Å². The molecule has 0 amide bonds. The van der Waals surface area contributed by atoms with E-state index in [9.17, 15) is 0 Å². The molecule has 1 atom stereocenters. The Morgan fingerprint density at radius 2 is 2.25 bits per heavy atom. The fourth-order valence-electron chi connectivity index (χ4n) is 1.72. The summed E-state index contributed by atoms with van der Waals surface area (Å²) in [5, 5.41) is 4.19. The van der Waals surface area contributed by atoms with Crippen LogP contribution in [0.5, 0.6) is 0 Å². The predicted molar refractivity (Wildman–Crippen MR) is 67.8 cm³/mol. The molecule has 3 N–H and O–H groups in total. The van der Waals surface area contributed by atoms with Crippen LogP contribution in [0.4, 0.5) is 5.13 Å². The van der Waals surface area contributed by atoms with E-state index < -0.39 is 0 Å². The first-order valence-electron chi connectivity index (χ1n) is 5.98. The maximum atomic E-state index is 6.00. The Morgan fingerprint density at radius 1 is 1.50 bits per heavy atom. The van der Waals surface area contributed by atoms with Gasteiger partial charge in [0.1, 0.15) is 5.82 Å². The zero-order valence-corrected chi connectivity index (χ0v) is 10.8. The van der Waals surface area contributed by atoms with E-state index in [0.29, 0.717) is 11.8 Å². The van der Waals surface area contributed by atoms with Crippen molar-refractivity contribution in [3.8, 4) is 0 Å². The zero-order chi connectivity index (χ0) is 11.5. The molecule has 0 radical (unpaired) electrons. The van der Waals surface area contributed by atoms with Crippen molar-refractivity contribution in [1.82, 2.24) is 9.36 Å². The average molecular weight is 240 g/mol. The maximum absolute atomic E-state index is 6.00. The van der Waals surface area contributed by atoms with Gasteiger partial charge in [-0.1, -0.05) is 13.8 Å². The van der Waals surface area contributed by atoms with Crippen LogP contribution in [0.1, 0.15) is 44.9 Å². The van der Waals surface area contributed by atoms with Gasteiger partial charge in [-0.25, -0.2) is 4.98 Å². The van der Waals surface area contributed by atoms with Crippen molar-refractivity contribution in [2.24, 2.45) is 11.7 Å². The molecule has 1 heterocycles. The highest BCUT2D eigenvalue weighted by molar-refractivity contribution is 7.09. The lowest BCUT2D eigenvalue weighted by atomic mass is 10.1. The zero-order valence-electron chi connectivity index (χ0n) is 9.94. The third-order valence-corrected chi connectivity index (χ3v) is 3.36. The number of nitrogens with two attached hydrogens (primary N) is 1. The minimum Gasteiger partial charge on any atom is -0.359 e. The lowest BCUT2D eigenvalue weighted by molar-refractivity contribution is 0.508. The second kappa shape index (κ2) is 5.10. The highest BCUT2D eigenvalue weighted by atomic mass is 32.1. The van der Waals surface area contributed by atoms with E-state index in [1.807, 2.05) is 0 Å². The number of nitrogens with zero attached hydrogens (tertiary/aromatic N) is 2. The van der Waals surface area contributed by atoms with Gasteiger partial charge in [-0.3, -0.25) is 0 Å². The molecular weight excluding hydrogens is 220 g/mol. The smallest absolute Gasteiger partial charge is 0.202 e. The Morgan fingerprint density at radius 3 is 2.88 bits per heavy atom. The van der Waals surface area contributed by atoms with Gasteiger partial charge in [-0.2, -0.15) is 4.37 Å². The molecule has 90 valence electrons. The Labute approximate surface area is 101 Å². The van der Waals surface area contributed by atoms with Gasteiger partial charge in [-0.15, -0.1) is 0 Å². The first-order valence-corrected chi connectivity index (χ1v) is 6.75. The third-order valence-electron chi connectivity index (χ3n) is 2.67. The molecule has 0 aromatic carbocycles. The van der Waals surface area contributed by atoms with Gasteiger partial charge in [0.25, 0.3) is 0 Å². The van der Waals surface area contributed by atoms with Crippen molar-refractivity contribution in [2.45, 2.75) is 45.1 Å². The van der Waals surface area contributed by atoms with E-state index in [1.54, 1.807) is 0 Å². The second-order valence-corrected chi connectivity index (χ2v) is 5.75. The summed E-state index contributed by atoms with van der Waals surface area (Å²) in [4.78, 5) is 4.46. The van der Waals surface area contributed by atoms with Crippen molar-refractivity contribution in [1.29, 1.82) is 0 Å². The largest absolute Gasteiger partial charge is 0.359 e. The first-order chi connectivity index (χ1) is 7.65. The number of hydrogen-bond acceptors (Lipinski definition) is 5. The molecule has 1 unspecified atom stereocenters. The van der Waals surface area contributed by atoms with E-state index in [4.69, 9.17) is 5.73 Å². The molecule has 0 spiro atoms. The van der Waals surface area contributed by atoms with Gasteiger partial charge < -0.3 is 11.1 Å². The molecule has 1 fully saturated rings. The molecule has 1 aromatic rings. The van der Waals surface area contributed by atoms with Crippen LogP contribution < -0.4 is 11.1 Å². The van der Waals surface area contributed by atoms with Gasteiger partial charge in [0.2, 0.25) is 5.13 Å². The van der Waals surface area contributed by atoms with Crippen LogP contribution in [0.3, 0.4) is 0 Å². The maximum Gasteiger partial charge on any atom is 0.202 e. The normalized spacial score (nSPS) is 17.8. The highest BCUT2D eigenvalue weighted by Crippen LogP contribution is 2.39. The lowest BCUT2D eigenvalue weighted by Crippen LogP contribution is -2.30. The van der Waals surface area contributed by atoms with Crippen LogP contribution in [-0.4, -0.2) is 21.9 Å². The summed E-state index contributed by atoms with van der Waals surface area (Å²) in [5.41, 5.74) is 6.00. The van der Waals surface area contributed by atoms with Crippen LogP contribution in [0.2, 0.25) is 0 Å². The summed E-state index contributed by atoms with van der Waals surface area (Å²) >= 11 is 1.45. The van der Waals surface area contributed by atoms with Crippen LogP contribution in [0.25, 0.3) is 0 Å². The molecule has 0 saturated heterocycles. The van der Waals surface area contributed by atoms with Crippen molar-refractivity contribution in [3.63, 3.8) is 0 Å². The van der Waals surface area contributed by atoms with Gasteiger partial charge in [-0.05, 0) is 25.2 Å². The summed E-state index contributed by atoms with van der Waals surface area (Å²) in [6.07, 6.45) is 3.55. The van der Waals surface area contributed by atoms with Crippen LogP contribution in [-0.2, 0) is 0 Å². The summed E-state index contributed by atoms with van der Waals surface area (Å²) in [6.45, 7) is 5.17. The fraction of sp³-hybridized carbons (Fsp3) is 0.818. The molecule has 1 aliphatic carbocycles. The Bertz CT molecular complexity index is 332. The molecule has 16 heavy (non-hydrogen) atoms. The van der Waals surface area contributed by atoms with Crippen molar-refractivity contribution in [2.75, 3.05) is 11.9 Å². The summed E-state index contributed by atoms with van der Waals surface area (Å²) in [6, 6.07) is 0.202. The summed E-state index contributed by atoms with van der Waals surface area (Å²) in [7, 11) is 0. The topological polar surface area (TPSA) is 63.8 Å². The molecule has 4 nitrogen and oxygen atoms in total. The number of hydrogen-bond donors (Lipinski definition) is 2. The number of nitrogens with one attached hydrogen (secondary N) is 1. The number of anilines is 1. The van der Waals surface area contributed by atoms with Crippen LogP contribution >= 0.6 is 11.5 Å². The van der Waals surface area contributed by atoms with Gasteiger partial charge >= 0.3 is 0 Å². The fourth-order valence-corrected chi connectivity index (χ4v) is 2.37. The molecule has 1 aromatic heterocycles. The van der Waals surface area contributed by atoms with Crippen molar-refractivity contribution >= 4 is 16.7 Å². The Balaban J connectivity index is 1.75. The SMILES string of the molecule is CC(C)CC(N)CNc1nc(C2CC2)ns1. The summed E-state index contributed by atoms with van der Waals surface area (Å²) in [5.74, 6) is 2.30. The summed E-state index contributed by atoms with van der Waals surface area (Å²) < 4.78 is 4.34. The lowest BCUT2D eigenvalue weighted by Gasteiger charge is -2.13. The quantitative estimate of drug-likeness (QED) is 0.800. The molecule has 1 aliphatic rings. The standard InChI is InChI=1S/C11H20N4S/c1-7(2)5-9(12)6-13-11-14-10(15-16-11)8-3-4-8/h7-9H,3-6,12H2,1-2H3,(H,13,14,15). The van der Waals surface area contributed by atoms with Crippen LogP contribution in [0, 0.1) is 5.92 Å². The number of aromatic nitrogens is 2. The van der Waals surface area contributed by atoms with Crippen molar-refractivity contribution < 1.29 is 0 Å². The van der Waals surface area contributed by atoms with Crippen molar-refractivity contribution in [3.05, 3.63) is 5.82 Å². The Hall–Kier alpha value is -0.680. The van der Waals surface area contributed by atoms with E-state index in [1.165, 1.54) is 24.4 Å². The minimum atomic E-state index is 0.202. The predicted octanol–water partition coefficient (Wildman–Crippen LogP) is 2.20. The average Bonchev–Trinajstić information content (AvgIpc) is 2.94. The molecule has 1 saturated carbocycles. The van der Waals surface area contributed by atoms with Crippen LogP contribution in [0.15, 0.2) is 0 Å². The molecule has 5 heteroatoms. The third kappa shape index (κ3) is 3.42. The number of rotatable bonds is 6. The monoisotopic (exact) mass is 240 g/mol. The Kier molecular flexibility index (Phi) is 3.76. The van der Waals surface area contributed by atoms with E-state index >= 15 is 0 Å². The molecule has 0 aliphatic heterocycles. The molecule has 2 rings (SSSR count). The van der Waals surface area contributed by atoms with E-state index in [2.05, 4.69) is 28.5 Å². The second-order valence-electron chi connectivity index (χ2n) is 5.00. The van der Waals surface area contributed by atoms with Gasteiger partial charge in [0.15, 0.2) is 0 Å². The first kappa shape index (κ1) is 11.8. The van der Waals surface area contributed by atoms with Gasteiger partial charge in [0, 0.05) is 30.0 Å².